The third-order valence-corrected chi connectivity index (χ3v) is 3.38. The molecular formula is C13H16ClNO3. The molecule has 0 aromatic heterocycles. The molecule has 0 radical (unpaired) electrons. The molecule has 1 heterocycles. The van der Waals surface area contributed by atoms with Crippen LogP contribution in [0.2, 0.25) is 5.02 Å². The zero-order chi connectivity index (χ0) is 13.3. The summed E-state index contributed by atoms with van der Waals surface area (Å²) in [5, 5.41) is 9.89. The van der Waals surface area contributed by atoms with E-state index in [1.54, 1.807) is 6.07 Å². The van der Waals surface area contributed by atoms with E-state index in [4.69, 9.17) is 16.3 Å². The lowest BCUT2D eigenvalue weighted by Gasteiger charge is -2.35. The monoisotopic (exact) mass is 269 g/mol. The number of amides is 1. The van der Waals surface area contributed by atoms with Crippen LogP contribution in [0.4, 0.5) is 10.5 Å². The predicted octanol–water partition coefficient (Wildman–Crippen LogP) is 2.66. The largest absolute Gasteiger partial charge is 0.449 e. The third-order valence-electron chi connectivity index (χ3n) is 3.09. The number of aliphatic hydroxyl groups is 1. The maximum Gasteiger partial charge on any atom is 0.414 e. The van der Waals surface area contributed by atoms with Crippen molar-refractivity contribution in [2.45, 2.75) is 26.3 Å². The number of hydrogen-bond acceptors (Lipinski definition) is 3. The molecule has 0 aliphatic carbocycles. The summed E-state index contributed by atoms with van der Waals surface area (Å²) in [6, 6.07) is 3.49. The summed E-state index contributed by atoms with van der Waals surface area (Å²) >= 11 is 6.22. The molecule has 98 valence electrons. The van der Waals surface area contributed by atoms with Gasteiger partial charge in [0.05, 0.1) is 30.0 Å². The van der Waals surface area contributed by atoms with Crippen molar-refractivity contribution in [3.05, 3.63) is 28.3 Å². The Bertz CT molecular complexity index is 452. The fourth-order valence-electron chi connectivity index (χ4n) is 2.29. The Morgan fingerprint density at radius 2 is 2.22 bits per heavy atom. The molecule has 1 N–H and O–H groups in total. The third kappa shape index (κ3) is 2.31. The van der Waals surface area contributed by atoms with Gasteiger partial charge in [0.25, 0.3) is 0 Å². The first kappa shape index (κ1) is 13.2. The second kappa shape index (κ2) is 5.16. The summed E-state index contributed by atoms with van der Waals surface area (Å²) in [5.41, 5.74) is 2.57. The van der Waals surface area contributed by atoms with Crippen molar-refractivity contribution in [2.24, 2.45) is 0 Å². The number of aryl methyl sites for hydroxylation is 2. The summed E-state index contributed by atoms with van der Waals surface area (Å²) in [5.74, 6) is 0. The summed E-state index contributed by atoms with van der Waals surface area (Å²) in [6.07, 6.45) is 0.153. The number of hydrogen-bond donors (Lipinski definition) is 1. The number of ether oxygens (including phenoxy) is 1. The average Bonchev–Trinajstić information content (AvgIpc) is 2.29. The van der Waals surface area contributed by atoms with Crippen molar-refractivity contribution >= 4 is 23.4 Å². The number of rotatable bonds is 2. The Morgan fingerprint density at radius 3 is 2.83 bits per heavy atom. The number of benzene rings is 1. The standard InChI is InChI=1S/C13H16ClNO3/c1-8-5-9(2)12(11(14)6-8)15-10(7-16)3-4-18-13(15)17/h5-6,10,16H,3-4,7H2,1-2H3. The van der Waals surface area contributed by atoms with Crippen molar-refractivity contribution in [2.75, 3.05) is 18.1 Å². The number of anilines is 1. The van der Waals surface area contributed by atoms with Crippen LogP contribution in [-0.2, 0) is 4.74 Å². The molecule has 5 heteroatoms. The van der Waals surface area contributed by atoms with Crippen LogP contribution in [-0.4, -0.2) is 30.5 Å². The highest BCUT2D eigenvalue weighted by molar-refractivity contribution is 6.34. The molecule has 0 saturated carbocycles. The van der Waals surface area contributed by atoms with Gasteiger partial charge in [0, 0.05) is 6.42 Å². The SMILES string of the molecule is Cc1cc(C)c(N2C(=O)OCCC2CO)c(Cl)c1. The van der Waals surface area contributed by atoms with Crippen molar-refractivity contribution < 1.29 is 14.6 Å². The Hall–Kier alpha value is -1.26. The van der Waals surface area contributed by atoms with E-state index < -0.39 is 6.09 Å². The molecule has 1 atom stereocenters. The summed E-state index contributed by atoms with van der Waals surface area (Å²) in [7, 11) is 0. The minimum Gasteiger partial charge on any atom is -0.449 e. The first-order chi connectivity index (χ1) is 8.54. The van der Waals surface area contributed by atoms with Crippen molar-refractivity contribution in [3.8, 4) is 0 Å². The molecule has 2 rings (SSSR count). The van der Waals surface area contributed by atoms with E-state index in [9.17, 15) is 9.90 Å². The van der Waals surface area contributed by atoms with Gasteiger partial charge in [-0.2, -0.15) is 0 Å². The fourth-order valence-corrected chi connectivity index (χ4v) is 2.70. The van der Waals surface area contributed by atoms with Gasteiger partial charge in [-0.25, -0.2) is 4.79 Å². The maximum absolute atomic E-state index is 11.9. The molecule has 1 fully saturated rings. The highest BCUT2D eigenvalue weighted by Crippen LogP contribution is 2.34. The molecule has 18 heavy (non-hydrogen) atoms. The molecule has 1 aromatic carbocycles. The Labute approximate surface area is 111 Å². The second-order valence-electron chi connectivity index (χ2n) is 4.52. The Kier molecular flexibility index (Phi) is 3.78. The van der Waals surface area contributed by atoms with E-state index in [1.165, 1.54) is 4.90 Å². The minimum atomic E-state index is -0.450. The van der Waals surface area contributed by atoms with E-state index in [0.29, 0.717) is 23.7 Å². The Morgan fingerprint density at radius 1 is 1.50 bits per heavy atom. The van der Waals surface area contributed by atoms with Crippen LogP contribution in [0.25, 0.3) is 0 Å². The van der Waals surface area contributed by atoms with E-state index in [0.717, 1.165) is 11.1 Å². The zero-order valence-corrected chi connectivity index (χ0v) is 11.2. The molecule has 4 nitrogen and oxygen atoms in total. The van der Waals surface area contributed by atoms with Gasteiger partial charge in [0.1, 0.15) is 0 Å². The highest BCUT2D eigenvalue weighted by atomic mass is 35.5. The molecule has 1 aliphatic rings. The lowest BCUT2D eigenvalue weighted by atomic mass is 10.1. The number of carbonyl (C=O) groups is 1. The van der Waals surface area contributed by atoms with Crippen molar-refractivity contribution in [3.63, 3.8) is 0 Å². The fraction of sp³-hybridized carbons (Fsp3) is 0.462. The van der Waals surface area contributed by atoms with E-state index >= 15 is 0 Å². The van der Waals surface area contributed by atoms with Crippen LogP contribution in [0.3, 0.4) is 0 Å². The number of cyclic esters (lactones) is 1. The molecule has 0 bridgehead atoms. The van der Waals surface area contributed by atoms with Crippen molar-refractivity contribution in [1.29, 1.82) is 0 Å². The van der Waals surface area contributed by atoms with Crippen LogP contribution < -0.4 is 4.90 Å². The first-order valence-electron chi connectivity index (χ1n) is 5.88. The van der Waals surface area contributed by atoms with Gasteiger partial charge in [-0.05, 0) is 31.0 Å². The highest BCUT2D eigenvalue weighted by Gasteiger charge is 2.32. The number of nitrogens with zero attached hydrogens (tertiary/aromatic N) is 1. The van der Waals surface area contributed by atoms with Crippen LogP contribution in [0.1, 0.15) is 17.5 Å². The molecule has 1 unspecified atom stereocenters. The number of aliphatic hydroxyl groups excluding tert-OH is 1. The normalized spacial score (nSPS) is 19.9. The quantitative estimate of drug-likeness (QED) is 0.898. The van der Waals surface area contributed by atoms with Gasteiger partial charge in [-0.15, -0.1) is 0 Å². The number of halogens is 1. The van der Waals surface area contributed by atoms with Gasteiger partial charge in [0.15, 0.2) is 0 Å². The second-order valence-corrected chi connectivity index (χ2v) is 4.93. The van der Waals surface area contributed by atoms with Crippen LogP contribution in [0, 0.1) is 13.8 Å². The van der Waals surface area contributed by atoms with Gasteiger partial charge in [-0.3, -0.25) is 4.90 Å². The van der Waals surface area contributed by atoms with Crippen LogP contribution in [0.15, 0.2) is 12.1 Å². The van der Waals surface area contributed by atoms with E-state index in [1.807, 2.05) is 19.9 Å². The van der Waals surface area contributed by atoms with E-state index in [-0.39, 0.29) is 12.6 Å². The molecule has 1 aromatic rings. The average molecular weight is 270 g/mol. The van der Waals surface area contributed by atoms with Gasteiger partial charge in [-0.1, -0.05) is 17.7 Å². The van der Waals surface area contributed by atoms with Crippen molar-refractivity contribution in [1.82, 2.24) is 0 Å². The molecular weight excluding hydrogens is 254 g/mol. The van der Waals surface area contributed by atoms with Gasteiger partial charge >= 0.3 is 6.09 Å². The summed E-state index contributed by atoms with van der Waals surface area (Å²) in [6.45, 7) is 4.08. The Balaban J connectivity index is 2.48. The molecule has 1 saturated heterocycles. The lowest BCUT2D eigenvalue weighted by Crippen LogP contribution is -2.48. The van der Waals surface area contributed by atoms with Crippen LogP contribution in [0.5, 0.6) is 0 Å². The minimum absolute atomic E-state index is 0.0985. The van der Waals surface area contributed by atoms with E-state index in [2.05, 4.69) is 0 Å². The summed E-state index contributed by atoms with van der Waals surface area (Å²) in [4.78, 5) is 13.3. The van der Waals surface area contributed by atoms with Gasteiger partial charge in [0.2, 0.25) is 0 Å². The maximum atomic E-state index is 11.9. The summed E-state index contributed by atoms with van der Waals surface area (Å²) < 4.78 is 5.03. The number of carbonyl (C=O) groups excluding carboxylic acids is 1. The zero-order valence-electron chi connectivity index (χ0n) is 10.4. The van der Waals surface area contributed by atoms with Crippen LogP contribution >= 0.6 is 11.6 Å². The van der Waals surface area contributed by atoms with Gasteiger partial charge < -0.3 is 9.84 Å². The first-order valence-corrected chi connectivity index (χ1v) is 6.26. The predicted molar refractivity (Wildman–Crippen MR) is 70.2 cm³/mol. The molecule has 1 amide bonds. The smallest absolute Gasteiger partial charge is 0.414 e. The topological polar surface area (TPSA) is 49.8 Å². The molecule has 0 spiro atoms. The molecule has 1 aliphatic heterocycles. The lowest BCUT2D eigenvalue weighted by molar-refractivity contribution is 0.115.